The lowest BCUT2D eigenvalue weighted by molar-refractivity contribution is -0.154. The quantitative estimate of drug-likeness (QED) is 0.582. The van der Waals surface area contributed by atoms with Crippen LogP contribution in [0.1, 0.15) is 13.3 Å². The molecule has 0 aromatic heterocycles. The molecule has 0 radical (unpaired) electrons. The first-order chi connectivity index (χ1) is 5.61. The van der Waals surface area contributed by atoms with Gasteiger partial charge in [0.2, 0.25) is 0 Å². The molecule has 3 N–H and O–H groups in total. The lowest BCUT2D eigenvalue weighted by Gasteiger charge is -2.10. The van der Waals surface area contributed by atoms with Gasteiger partial charge in [-0.1, -0.05) is 0 Å². The molecule has 5 nitrogen and oxygen atoms in total. The maximum atomic E-state index is 10.9. The summed E-state index contributed by atoms with van der Waals surface area (Å²) in [6.07, 6.45) is -0.0967. The first kappa shape index (κ1) is 12.2. The topological polar surface area (TPSA) is 81.4 Å². The van der Waals surface area contributed by atoms with Crippen molar-refractivity contribution in [3.05, 3.63) is 0 Å². The second-order valence-electron chi connectivity index (χ2n) is 2.79. The van der Waals surface area contributed by atoms with Gasteiger partial charge in [-0.3, -0.25) is 9.59 Å². The Balaban J connectivity index is 0.00000144. The van der Waals surface area contributed by atoms with Crippen LogP contribution in [0.4, 0.5) is 0 Å². The molecule has 1 rings (SSSR count). The Labute approximate surface area is 82.4 Å². The van der Waals surface area contributed by atoms with Crippen LogP contribution in [0, 0.1) is 0 Å². The summed E-state index contributed by atoms with van der Waals surface area (Å²) in [5.41, 5.74) is 5.25. The van der Waals surface area contributed by atoms with E-state index >= 15 is 0 Å². The Morgan fingerprint density at radius 2 is 2.38 bits per heavy atom. The van der Waals surface area contributed by atoms with Gasteiger partial charge in [-0.2, -0.15) is 0 Å². The fourth-order valence-corrected chi connectivity index (χ4v) is 0.931. The first-order valence-electron chi connectivity index (χ1n) is 3.85. The summed E-state index contributed by atoms with van der Waals surface area (Å²) in [5.74, 6) is -0.763. The normalized spacial score (nSPS) is 22.9. The van der Waals surface area contributed by atoms with Gasteiger partial charge < -0.3 is 15.8 Å². The van der Waals surface area contributed by atoms with E-state index in [1.165, 1.54) is 6.92 Å². The lowest BCUT2D eigenvalue weighted by atomic mass is 10.3. The Bertz CT molecular complexity index is 208. The largest absolute Gasteiger partial charge is 0.451 e. The molecular formula is C7H13ClN2O3. The number of hydrogen-bond donors (Lipinski definition) is 2. The highest BCUT2D eigenvalue weighted by molar-refractivity contribution is 5.86. The molecule has 0 aromatic rings. The fourth-order valence-electron chi connectivity index (χ4n) is 0.931. The number of nitrogens with two attached hydrogens (primary N) is 1. The van der Waals surface area contributed by atoms with Gasteiger partial charge in [0.15, 0.2) is 6.10 Å². The second kappa shape index (κ2) is 5.04. The molecule has 76 valence electrons. The number of carbonyl (C=O) groups is 2. The van der Waals surface area contributed by atoms with Crippen molar-refractivity contribution in [2.45, 2.75) is 25.5 Å². The monoisotopic (exact) mass is 208 g/mol. The van der Waals surface area contributed by atoms with E-state index in [1.807, 2.05) is 0 Å². The van der Waals surface area contributed by atoms with Crippen molar-refractivity contribution >= 4 is 24.3 Å². The van der Waals surface area contributed by atoms with Crippen molar-refractivity contribution in [2.24, 2.45) is 5.73 Å². The van der Waals surface area contributed by atoms with E-state index in [9.17, 15) is 9.59 Å². The van der Waals surface area contributed by atoms with Crippen LogP contribution < -0.4 is 11.1 Å². The molecule has 6 heteroatoms. The van der Waals surface area contributed by atoms with Gasteiger partial charge in [0.25, 0.3) is 5.91 Å². The minimum atomic E-state index is -0.668. The van der Waals surface area contributed by atoms with Gasteiger partial charge in [0.05, 0.1) is 0 Å². The maximum absolute atomic E-state index is 10.9. The summed E-state index contributed by atoms with van der Waals surface area (Å²) in [6, 6.07) is -0.668. The molecule has 0 bridgehead atoms. The number of nitrogens with one attached hydrogen (secondary N) is 1. The molecule has 2 atom stereocenters. The van der Waals surface area contributed by atoms with Crippen LogP contribution in [-0.4, -0.2) is 30.6 Å². The van der Waals surface area contributed by atoms with E-state index in [2.05, 4.69) is 5.32 Å². The molecule has 1 saturated heterocycles. The Morgan fingerprint density at radius 1 is 1.77 bits per heavy atom. The summed E-state index contributed by atoms with van der Waals surface area (Å²) < 4.78 is 4.81. The summed E-state index contributed by atoms with van der Waals surface area (Å²) in [4.78, 5) is 21.8. The van der Waals surface area contributed by atoms with Gasteiger partial charge >= 0.3 is 5.97 Å². The fraction of sp³-hybridized carbons (Fsp3) is 0.714. The average molecular weight is 209 g/mol. The molecular weight excluding hydrogens is 196 g/mol. The van der Waals surface area contributed by atoms with Crippen LogP contribution in [0.2, 0.25) is 0 Å². The number of hydrogen-bond acceptors (Lipinski definition) is 4. The minimum Gasteiger partial charge on any atom is -0.451 e. The van der Waals surface area contributed by atoms with Crippen LogP contribution in [0.25, 0.3) is 0 Å². The molecule has 1 aliphatic heterocycles. The molecule has 1 heterocycles. The predicted molar refractivity (Wildman–Crippen MR) is 48.4 cm³/mol. The van der Waals surface area contributed by atoms with Crippen LogP contribution in [0.3, 0.4) is 0 Å². The average Bonchev–Trinajstić information content (AvgIpc) is 2.36. The Kier molecular flexibility index (Phi) is 4.72. The third kappa shape index (κ3) is 3.20. The third-order valence-electron chi connectivity index (χ3n) is 1.63. The second-order valence-corrected chi connectivity index (χ2v) is 2.79. The highest BCUT2D eigenvalue weighted by Crippen LogP contribution is 2.05. The lowest BCUT2D eigenvalue weighted by Crippen LogP contribution is -2.35. The van der Waals surface area contributed by atoms with Gasteiger partial charge in [-0.15, -0.1) is 12.4 Å². The zero-order valence-electron chi connectivity index (χ0n) is 7.28. The predicted octanol–water partition coefficient (Wildman–Crippen LogP) is -0.813. The van der Waals surface area contributed by atoms with E-state index in [1.54, 1.807) is 0 Å². The van der Waals surface area contributed by atoms with Gasteiger partial charge in [0, 0.05) is 13.0 Å². The van der Waals surface area contributed by atoms with E-state index in [-0.39, 0.29) is 18.3 Å². The molecule has 0 spiro atoms. The van der Waals surface area contributed by atoms with E-state index in [0.717, 1.165) is 0 Å². The van der Waals surface area contributed by atoms with Crippen LogP contribution >= 0.6 is 12.4 Å². The smallest absolute Gasteiger partial charge is 0.323 e. The number of carbonyl (C=O) groups excluding carboxylic acids is 2. The van der Waals surface area contributed by atoms with E-state index in [4.69, 9.17) is 10.5 Å². The third-order valence-corrected chi connectivity index (χ3v) is 1.63. The Hall–Kier alpha value is -0.810. The molecule has 13 heavy (non-hydrogen) atoms. The molecule has 0 aromatic carbocycles. The van der Waals surface area contributed by atoms with Crippen molar-refractivity contribution in [1.82, 2.24) is 5.32 Å². The molecule has 1 amide bonds. The SMILES string of the molecule is CC(N)C(=O)OC1CCNC1=O.Cl. The van der Waals surface area contributed by atoms with Gasteiger partial charge in [0.1, 0.15) is 6.04 Å². The van der Waals surface area contributed by atoms with Crippen molar-refractivity contribution in [3.63, 3.8) is 0 Å². The zero-order chi connectivity index (χ0) is 9.14. The summed E-state index contributed by atoms with van der Waals surface area (Å²) in [7, 11) is 0. The van der Waals surface area contributed by atoms with Gasteiger partial charge in [-0.25, -0.2) is 0 Å². The number of halogens is 1. The standard InChI is InChI=1S/C7H12N2O3.ClH/c1-4(8)7(11)12-5-2-3-9-6(5)10;/h4-5H,2-3,8H2,1H3,(H,9,10);1H. The number of rotatable bonds is 2. The van der Waals surface area contributed by atoms with E-state index < -0.39 is 18.1 Å². The van der Waals surface area contributed by atoms with Crippen LogP contribution in [0.5, 0.6) is 0 Å². The van der Waals surface area contributed by atoms with E-state index in [0.29, 0.717) is 13.0 Å². The summed E-state index contributed by atoms with van der Waals surface area (Å²) in [5, 5.41) is 2.56. The van der Waals surface area contributed by atoms with Gasteiger partial charge in [-0.05, 0) is 6.92 Å². The molecule has 1 fully saturated rings. The van der Waals surface area contributed by atoms with Crippen molar-refractivity contribution < 1.29 is 14.3 Å². The van der Waals surface area contributed by atoms with Crippen LogP contribution in [0.15, 0.2) is 0 Å². The maximum Gasteiger partial charge on any atom is 0.323 e. The molecule has 2 unspecified atom stereocenters. The Morgan fingerprint density at radius 3 is 2.77 bits per heavy atom. The van der Waals surface area contributed by atoms with Crippen LogP contribution in [-0.2, 0) is 14.3 Å². The molecule has 0 aliphatic carbocycles. The number of ether oxygens (including phenoxy) is 1. The first-order valence-corrected chi connectivity index (χ1v) is 3.85. The highest BCUT2D eigenvalue weighted by atomic mass is 35.5. The molecule has 1 aliphatic rings. The summed E-state index contributed by atoms with van der Waals surface area (Å²) >= 11 is 0. The van der Waals surface area contributed by atoms with Crippen molar-refractivity contribution in [2.75, 3.05) is 6.54 Å². The zero-order valence-corrected chi connectivity index (χ0v) is 8.10. The molecule has 0 saturated carbocycles. The summed E-state index contributed by atoms with van der Waals surface area (Å²) in [6.45, 7) is 2.09. The van der Waals surface area contributed by atoms with Crippen molar-refractivity contribution in [1.29, 1.82) is 0 Å². The highest BCUT2D eigenvalue weighted by Gasteiger charge is 2.28. The number of amides is 1. The minimum absolute atomic E-state index is 0. The van der Waals surface area contributed by atoms with Crippen molar-refractivity contribution in [3.8, 4) is 0 Å². The number of esters is 1.